The Labute approximate surface area is 85.7 Å². The van der Waals surface area contributed by atoms with E-state index in [1.165, 1.54) is 6.07 Å². The molecule has 2 atom stereocenters. The lowest BCUT2D eigenvalue weighted by atomic mass is 9.97. The molecule has 0 aromatic heterocycles. The van der Waals surface area contributed by atoms with Gasteiger partial charge < -0.3 is 0 Å². The Morgan fingerprint density at radius 2 is 1.64 bits per heavy atom. The number of alkyl halides is 1. The van der Waals surface area contributed by atoms with Gasteiger partial charge in [-0.05, 0) is 18.6 Å². The monoisotopic (exact) mass is 222 g/mol. The molecule has 14 heavy (non-hydrogen) atoms. The third kappa shape index (κ3) is 2.03. The molecule has 0 bridgehead atoms. The molecular formula is C10H10ClF3. The van der Waals surface area contributed by atoms with Crippen molar-refractivity contribution in [3.05, 3.63) is 35.1 Å². The summed E-state index contributed by atoms with van der Waals surface area (Å²) in [5.41, 5.74) is 0.103. The van der Waals surface area contributed by atoms with Gasteiger partial charge in [0.15, 0.2) is 17.5 Å². The van der Waals surface area contributed by atoms with Crippen LogP contribution in [0.4, 0.5) is 13.2 Å². The summed E-state index contributed by atoms with van der Waals surface area (Å²) in [6.07, 6.45) is 0. The van der Waals surface area contributed by atoms with Gasteiger partial charge >= 0.3 is 0 Å². The molecule has 0 saturated carbocycles. The molecule has 0 amide bonds. The zero-order valence-electron chi connectivity index (χ0n) is 7.82. The third-order valence-corrected chi connectivity index (χ3v) is 2.62. The zero-order chi connectivity index (χ0) is 10.9. The molecule has 78 valence electrons. The summed E-state index contributed by atoms with van der Waals surface area (Å²) in [5, 5.41) is -0.339. The number of hydrogen-bond donors (Lipinski definition) is 0. The van der Waals surface area contributed by atoms with E-state index in [2.05, 4.69) is 0 Å². The molecule has 1 rings (SSSR count). The van der Waals surface area contributed by atoms with Crippen molar-refractivity contribution < 1.29 is 13.2 Å². The van der Waals surface area contributed by atoms with Crippen molar-refractivity contribution in [3.8, 4) is 0 Å². The zero-order valence-corrected chi connectivity index (χ0v) is 8.58. The normalized spacial score (nSPS) is 15.3. The Kier molecular flexibility index (Phi) is 3.43. The van der Waals surface area contributed by atoms with Crippen molar-refractivity contribution in [3.63, 3.8) is 0 Å². The predicted molar refractivity (Wildman–Crippen MR) is 50.0 cm³/mol. The molecule has 4 heteroatoms. The minimum Gasteiger partial charge on any atom is -0.204 e. The van der Waals surface area contributed by atoms with Crippen LogP contribution in [0, 0.1) is 17.5 Å². The number of rotatable bonds is 2. The van der Waals surface area contributed by atoms with Gasteiger partial charge in [-0.15, -0.1) is 11.6 Å². The molecule has 0 spiro atoms. The van der Waals surface area contributed by atoms with Gasteiger partial charge in [0.05, 0.1) is 0 Å². The lowest BCUT2D eigenvalue weighted by molar-refractivity contribution is 0.436. The fraction of sp³-hybridized carbons (Fsp3) is 0.400. The van der Waals surface area contributed by atoms with Crippen LogP contribution in [0.1, 0.15) is 25.3 Å². The summed E-state index contributed by atoms with van der Waals surface area (Å²) in [7, 11) is 0. The van der Waals surface area contributed by atoms with Crippen LogP contribution in [0.3, 0.4) is 0 Å². The van der Waals surface area contributed by atoms with Crippen LogP contribution in [-0.2, 0) is 0 Å². The van der Waals surface area contributed by atoms with Crippen molar-refractivity contribution in [2.24, 2.45) is 0 Å². The molecule has 0 saturated heterocycles. The van der Waals surface area contributed by atoms with Gasteiger partial charge in [0.2, 0.25) is 0 Å². The molecule has 0 fully saturated rings. The van der Waals surface area contributed by atoms with Gasteiger partial charge in [0.25, 0.3) is 0 Å². The van der Waals surface area contributed by atoms with Crippen LogP contribution in [0.2, 0.25) is 0 Å². The second-order valence-electron chi connectivity index (χ2n) is 3.23. The minimum absolute atomic E-state index is 0.103. The van der Waals surface area contributed by atoms with Gasteiger partial charge in [-0.2, -0.15) is 0 Å². The van der Waals surface area contributed by atoms with Crippen LogP contribution in [0.15, 0.2) is 12.1 Å². The van der Waals surface area contributed by atoms with E-state index in [4.69, 9.17) is 11.6 Å². The van der Waals surface area contributed by atoms with Crippen LogP contribution in [-0.4, -0.2) is 5.38 Å². The highest BCUT2D eigenvalue weighted by Gasteiger charge is 2.20. The first kappa shape index (κ1) is 11.4. The Bertz CT molecular complexity index is 336. The lowest BCUT2D eigenvalue weighted by Crippen LogP contribution is -2.09. The summed E-state index contributed by atoms with van der Waals surface area (Å²) < 4.78 is 38.6. The molecule has 0 aliphatic heterocycles. The Hall–Kier alpha value is -0.700. The lowest BCUT2D eigenvalue weighted by Gasteiger charge is -2.15. The highest BCUT2D eigenvalue weighted by atomic mass is 35.5. The summed E-state index contributed by atoms with van der Waals surface area (Å²) in [4.78, 5) is 0. The SMILES string of the molecule is CC(Cl)C(C)c1ccc(F)c(F)c1F. The maximum Gasteiger partial charge on any atom is 0.194 e. The van der Waals surface area contributed by atoms with Crippen LogP contribution >= 0.6 is 11.6 Å². The van der Waals surface area contributed by atoms with Crippen molar-refractivity contribution in [2.75, 3.05) is 0 Å². The molecule has 0 aliphatic carbocycles. The third-order valence-electron chi connectivity index (χ3n) is 2.24. The van der Waals surface area contributed by atoms with E-state index >= 15 is 0 Å². The van der Waals surface area contributed by atoms with E-state index in [1.807, 2.05) is 0 Å². The quantitative estimate of drug-likeness (QED) is 0.527. The summed E-state index contributed by atoms with van der Waals surface area (Å²) in [6, 6.07) is 2.13. The topological polar surface area (TPSA) is 0 Å². The van der Waals surface area contributed by atoms with E-state index in [9.17, 15) is 13.2 Å². The summed E-state index contributed by atoms with van der Waals surface area (Å²) in [5.74, 6) is -4.12. The first-order chi connectivity index (χ1) is 6.45. The van der Waals surface area contributed by atoms with Crippen LogP contribution < -0.4 is 0 Å². The van der Waals surface area contributed by atoms with Crippen LogP contribution in [0.25, 0.3) is 0 Å². The standard InChI is InChI=1S/C10H10ClF3/c1-5(6(2)11)7-3-4-8(12)10(14)9(7)13/h3-6H,1-2H3. The average molecular weight is 223 g/mol. The number of benzene rings is 1. The largest absolute Gasteiger partial charge is 0.204 e. The molecule has 2 unspecified atom stereocenters. The molecule has 1 aromatic carbocycles. The fourth-order valence-electron chi connectivity index (χ4n) is 1.14. The highest BCUT2D eigenvalue weighted by Crippen LogP contribution is 2.27. The number of hydrogen-bond acceptors (Lipinski definition) is 0. The van der Waals surface area contributed by atoms with Crippen LogP contribution in [0.5, 0.6) is 0 Å². The molecule has 0 heterocycles. The first-order valence-corrected chi connectivity index (χ1v) is 4.66. The van der Waals surface area contributed by atoms with Gasteiger partial charge in [-0.25, -0.2) is 13.2 Å². The minimum atomic E-state index is -1.44. The average Bonchev–Trinajstić information content (AvgIpc) is 2.13. The molecule has 0 N–H and O–H groups in total. The van der Waals surface area contributed by atoms with Gasteiger partial charge in [0.1, 0.15) is 0 Å². The Morgan fingerprint density at radius 1 is 1.07 bits per heavy atom. The van der Waals surface area contributed by atoms with Crippen molar-refractivity contribution >= 4 is 11.6 Å². The molecule has 0 nitrogen and oxygen atoms in total. The predicted octanol–water partition coefficient (Wildman–Crippen LogP) is 3.83. The molecule has 0 aliphatic rings. The fourth-order valence-corrected chi connectivity index (χ4v) is 1.28. The number of halogens is 4. The maximum absolute atomic E-state index is 13.2. The van der Waals surface area contributed by atoms with E-state index in [0.717, 1.165) is 6.07 Å². The highest BCUT2D eigenvalue weighted by molar-refractivity contribution is 6.20. The van der Waals surface area contributed by atoms with Gasteiger partial charge in [-0.1, -0.05) is 13.0 Å². The Morgan fingerprint density at radius 3 is 2.14 bits per heavy atom. The molecule has 1 aromatic rings. The second kappa shape index (κ2) is 4.22. The first-order valence-electron chi connectivity index (χ1n) is 4.22. The Balaban J connectivity index is 3.17. The van der Waals surface area contributed by atoms with E-state index in [-0.39, 0.29) is 16.9 Å². The molecular weight excluding hydrogens is 213 g/mol. The van der Waals surface area contributed by atoms with Crippen molar-refractivity contribution in [1.29, 1.82) is 0 Å². The molecule has 0 radical (unpaired) electrons. The summed E-state index contributed by atoms with van der Waals surface area (Å²) in [6.45, 7) is 3.33. The van der Waals surface area contributed by atoms with Gasteiger partial charge in [0, 0.05) is 11.3 Å². The van der Waals surface area contributed by atoms with Gasteiger partial charge in [-0.3, -0.25) is 0 Å². The maximum atomic E-state index is 13.2. The van der Waals surface area contributed by atoms with Crippen molar-refractivity contribution in [1.82, 2.24) is 0 Å². The van der Waals surface area contributed by atoms with E-state index in [1.54, 1.807) is 13.8 Å². The van der Waals surface area contributed by atoms with E-state index < -0.39 is 17.5 Å². The summed E-state index contributed by atoms with van der Waals surface area (Å²) >= 11 is 5.74. The van der Waals surface area contributed by atoms with E-state index in [0.29, 0.717) is 0 Å². The smallest absolute Gasteiger partial charge is 0.194 e. The van der Waals surface area contributed by atoms with Crippen molar-refractivity contribution in [2.45, 2.75) is 25.1 Å². The second-order valence-corrected chi connectivity index (χ2v) is 3.92.